The number of nitrogens with zero attached hydrogens (tertiary/aromatic N) is 2. The molecule has 0 saturated heterocycles. The second kappa shape index (κ2) is 9.08. The van der Waals surface area contributed by atoms with Crippen molar-refractivity contribution in [1.29, 1.82) is 0 Å². The van der Waals surface area contributed by atoms with Crippen molar-refractivity contribution in [3.05, 3.63) is 64.5 Å². The van der Waals surface area contributed by atoms with Crippen LogP contribution in [0.3, 0.4) is 0 Å². The molecule has 1 aromatic carbocycles. The summed E-state index contributed by atoms with van der Waals surface area (Å²) in [5.74, 6) is 0.772. The van der Waals surface area contributed by atoms with Crippen LogP contribution in [0.1, 0.15) is 36.3 Å². The van der Waals surface area contributed by atoms with Gasteiger partial charge in [0, 0.05) is 22.7 Å². The maximum Gasteiger partial charge on any atom is 0.253 e. The molecular formula is C24H25N3O2S2. The zero-order valence-corrected chi connectivity index (χ0v) is 19.6. The average molecular weight is 452 g/mol. The minimum atomic E-state index is -0.0472. The largest absolute Gasteiger partial charge is 0.497 e. The van der Waals surface area contributed by atoms with Crippen LogP contribution >= 0.6 is 22.7 Å². The van der Waals surface area contributed by atoms with E-state index >= 15 is 0 Å². The predicted octanol–water partition coefficient (Wildman–Crippen LogP) is 6.17. The zero-order chi connectivity index (χ0) is 22.0. The maximum absolute atomic E-state index is 12.9. The van der Waals surface area contributed by atoms with E-state index in [-0.39, 0.29) is 11.9 Å². The maximum atomic E-state index is 12.9. The standard InChI is InChI=1S/C24H25N3O2S2/c1-5-15(2)25-23(28)19-13-21(27(16(19)3)22-7-6-12-30-22)20-14-31-24(26-20)17-8-10-18(29-4)11-9-17/h6-15H,5H2,1-4H3,(H,25,28). The van der Waals surface area contributed by atoms with Gasteiger partial charge < -0.3 is 14.6 Å². The summed E-state index contributed by atoms with van der Waals surface area (Å²) in [5, 5.41) is 9.18. The molecule has 4 rings (SSSR count). The summed E-state index contributed by atoms with van der Waals surface area (Å²) in [6.07, 6.45) is 0.889. The Balaban J connectivity index is 1.76. The van der Waals surface area contributed by atoms with E-state index in [9.17, 15) is 4.79 Å². The van der Waals surface area contributed by atoms with E-state index in [1.807, 2.05) is 55.6 Å². The molecule has 0 aliphatic heterocycles. The molecule has 1 unspecified atom stereocenters. The molecule has 160 valence electrons. The number of carbonyl (C=O) groups excluding carboxylic acids is 1. The molecular weight excluding hydrogens is 426 g/mol. The highest BCUT2D eigenvalue weighted by Crippen LogP contribution is 2.34. The first-order valence-electron chi connectivity index (χ1n) is 10.2. The fourth-order valence-corrected chi connectivity index (χ4v) is 4.98. The lowest BCUT2D eigenvalue weighted by atomic mass is 10.2. The van der Waals surface area contributed by atoms with Gasteiger partial charge in [0.05, 0.1) is 29.1 Å². The quantitative estimate of drug-likeness (QED) is 0.365. The second-order valence-corrected chi connectivity index (χ2v) is 9.15. The summed E-state index contributed by atoms with van der Waals surface area (Å²) >= 11 is 3.23. The third kappa shape index (κ3) is 4.29. The fourth-order valence-electron chi connectivity index (χ4n) is 3.37. The lowest BCUT2D eigenvalue weighted by molar-refractivity contribution is 0.0938. The van der Waals surface area contributed by atoms with Gasteiger partial charge in [-0.1, -0.05) is 6.92 Å². The minimum absolute atomic E-state index is 0.0472. The molecule has 0 aliphatic carbocycles. The van der Waals surface area contributed by atoms with Gasteiger partial charge in [0.15, 0.2) is 0 Å². The summed E-state index contributed by atoms with van der Waals surface area (Å²) in [6, 6.07) is 14.1. The summed E-state index contributed by atoms with van der Waals surface area (Å²) in [5.41, 5.74) is 4.41. The summed E-state index contributed by atoms with van der Waals surface area (Å²) < 4.78 is 7.38. The number of rotatable bonds is 7. The molecule has 4 aromatic rings. The Labute approximate surface area is 190 Å². The molecule has 1 atom stereocenters. The Morgan fingerprint density at radius 3 is 2.65 bits per heavy atom. The fraction of sp³-hybridized carbons (Fsp3) is 0.250. The van der Waals surface area contributed by atoms with Gasteiger partial charge in [-0.2, -0.15) is 0 Å². The van der Waals surface area contributed by atoms with Gasteiger partial charge in [-0.3, -0.25) is 4.79 Å². The third-order valence-electron chi connectivity index (χ3n) is 5.31. The van der Waals surface area contributed by atoms with Crippen molar-refractivity contribution in [3.63, 3.8) is 0 Å². The highest BCUT2D eigenvalue weighted by molar-refractivity contribution is 7.13. The van der Waals surface area contributed by atoms with E-state index in [0.717, 1.165) is 44.8 Å². The Hall–Kier alpha value is -2.90. The van der Waals surface area contributed by atoms with Crippen LogP contribution in [-0.2, 0) is 0 Å². The number of amides is 1. The Bertz CT molecular complexity index is 1170. The molecule has 3 heterocycles. The molecule has 0 radical (unpaired) electrons. The van der Waals surface area contributed by atoms with Gasteiger partial charge in [-0.05, 0) is 68.1 Å². The number of benzene rings is 1. The molecule has 5 nitrogen and oxygen atoms in total. The normalized spacial score (nSPS) is 12.0. The molecule has 3 aromatic heterocycles. The molecule has 31 heavy (non-hydrogen) atoms. The smallest absolute Gasteiger partial charge is 0.253 e. The number of hydrogen-bond acceptors (Lipinski definition) is 5. The first kappa shape index (κ1) is 21.3. The van der Waals surface area contributed by atoms with Crippen molar-refractivity contribution < 1.29 is 9.53 Å². The van der Waals surface area contributed by atoms with Crippen molar-refractivity contribution in [2.24, 2.45) is 0 Å². The zero-order valence-electron chi connectivity index (χ0n) is 18.0. The van der Waals surface area contributed by atoms with E-state index < -0.39 is 0 Å². The number of hydrogen-bond donors (Lipinski definition) is 1. The van der Waals surface area contributed by atoms with Crippen LogP contribution in [-0.4, -0.2) is 28.6 Å². The number of carbonyl (C=O) groups is 1. The third-order valence-corrected chi connectivity index (χ3v) is 7.06. The number of aromatic nitrogens is 2. The van der Waals surface area contributed by atoms with Crippen LogP contribution in [0.5, 0.6) is 5.75 Å². The first-order chi connectivity index (χ1) is 15.0. The van der Waals surface area contributed by atoms with Gasteiger partial charge in [0.25, 0.3) is 5.91 Å². The molecule has 7 heteroatoms. The monoisotopic (exact) mass is 451 g/mol. The van der Waals surface area contributed by atoms with Gasteiger partial charge >= 0.3 is 0 Å². The van der Waals surface area contributed by atoms with E-state index in [2.05, 4.69) is 28.3 Å². The van der Waals surface area contributed by atoms with Crippen LogP contribution in [0.2, 0.25) is 0 Å². The molecule has 0 spiro atoms. The Kier molecular flexibility index (Phi) is 6.25. The lowest BCUT2D eigenvalue weighted by Gasteiger charge is -2.11. The van der Waals surface area contributed by atoms with Crippen molar-refractivity contribution in [1.82, 2.24) is 14.9 Å². The van der Waals surface area contributed by atoms with Crippen LogP contribution < -0.4 is 10.1 Å². The van der Waals surface area contributed by atoms with Crippen molar-refractivity contribution in [3.8, 4) is 32.7 Å². The van der Waals surface area contributed by atoms with E-state index in [1.165, 1.54) is 0 Å². The van der Waals surface area contributed by atoms with Gasteiger partial charge in [-0.15, -0.1) is 22.7 Å². The predicted molar refractivity (Wildman–Crippen MR) is 129 cm³/mol. The van der Waals surface area contributed by atoms with E-state index in [0.29, 0.717) is 5.56 Å². The minimum Gasteiger partial charge on any atom is -0.497 e. The second-order valence-electron chi connectivity index (χ2n) is 7.36. The van der Waals surface area contributed by atoms with E-state index in [4.69, 9.17) is 9.72 Å². The van der Waals surface area contributed by atoms with Crippen molar-refractivity contribution in [2.45, 2.75) is 33.2 Å². The average Bonchev–Trinajstić information content (AvgIpc) is 3.53. The van der Waals surface area contributed by atoms with Crippen LogP contribution in [0.4, 0.5) is 0 Å². The molecule has 0 aliphatic rings. The summed E-state index contributed by atoms with van der Waals surface area (Å²) in [4.78, 5) is 17.8. The van der Waals surface area contributed by atoms with Crippen molar-refractivity contribution in [2.75, 3.05) is 7.11 Å². The number of methoxy groups -OCH3 is 1. The number of ether oxygens (including phenoxy) is 1. The SMILES string of the molecule is CCC(C)NC(=O)c1cc(-c2csc(-c3ccc(OC)cc3)n2)n(-c2cccs2)c1C. The topological polar surface area (TPSA) is 56.1 Å². The van der Waals surface area contributed by atoms with Crippen LogP contribution in [0.15, 0.2) is 53.2 Å². The molecule has 0 bridgehead atoms. The van der Waals surface area contributed by atoms with Crippen molar-refractivity contribution >= 4 is 28.6 Å². The van der Waals surface area contributed by atoms with Gasteiger partial charge in [-0.25, -0.2) is 4.98 Å². The lowest BCUT2D eigenvalue weighted by Crippen LogP contribution is -2.32. The molecule has 1 N–H and O–H groups in total. The first-order valence-corrected chi connectivity index (χ1v) is 11.9. The summed E-state index contributed by atoms with van der Waals surface area (Å²) in [6.45, 7) is 6.08. The van der Waals surface area contributed by atoms with E-state index in [1.54, 1.807) is 29.8 Å². The Morgan fingerprint density at radius 2 is 2.00 bits per heavy atom. The molecule has 0 saturated carbocycles. The van der Waals surface area contributed by atoms with Crippen LogP contribution in [0, 0.1) is 6.92 Å². The number of thiophene rings is 1. The highest BCUT2D eigenvalue weighted by atomic mass is 32.1. The molecule has 0 fully saturated rings. The van der Waals surface area contributed by atoms with Crippen LogP contribution in [0.25, 0.3) is 27.0 Å². The number of thiazole rings is 1. The van der Waals surface area contributed by atoms with Gasteiger partial charge in [0.1, 0.15) is 10.8 Å². The molecule has 1 amide bonds. The van der Waals surface area contributed by atoms with Gasteiger partial charge in [0.2, 0.25) is 0 Å². The highest BCUT2D eigenvalue weighted by Gasteiger charge is 2.22. The Morgan fingerprint density at radius 1 is 1.23 bits per heavy atom. The number of nitrogens with one attached hydrogen (secondary N) is 1. The summed E-state index contributed by atoms with van der Waals surface area (Å²) in [7, 11) is 1.66.